The molecule has 3 atom stereocenters. The number of amides is 1. The van der Waals surface area contributed by atoms with Gasteiger partial charge in [0.05, 0.1) is 52.0 Å². The van der Waals surface area contributed by atoms with Crippen LogP contribution >= 0.6 is 0 Å². The molecule has 0 unspecified atom stereocenters. The first kappa shape index (κ1) is 49.4. The Morgan fingerprint density at radius 1 is 0.918 bits per heavy atom. The lowest BCUT2D eigenvalue weighted by Crippen LogP contribution is -2.61. The predicted molar refractivity (Wildman–Crippen MR) is 279 cm³/mol. The number of carbonyl (C=O) groups excluding carboxylic acids is 1. The van der Waals surface area contributed by atoms with E-state index in [0.29, 0.717) is 74.6 Å². The van der Waals surface area contributed by atoms with Gasteiger partial charge >= 0.3 is 0 Å². The van der Waals surface area contributed by atoms with Crippen LogP contribution in [-0.2, 0) is 19.5 Å². The summed E-state index contributed by atoms with van der Waals surface area (Å²) < 4.78 is 49.4. The van der Waals surface area contributed by atoms with Crippen molar-refractivity contribution < 1.29 is 37.5 Å². The van der Waals surface area contributed by atoms with Crippen LogP contribution in [0.2, 0.25) is 0 Å². The largest absolute Gasteiger partial charge is 0.468 e. The molecule has 5 fully saturated rings. The van der Waals surface area contributed by atoms with Crippen molar-refractivity contribution >= 4 is 55.4 Å². The van der Waals surface area contributed by atoms with Gasteiger partial charge in [0.1, 0.15) is 23.1 Å². The van der Waals surface area contributed by atoms with Gasteiger partial charge < -0.3 is 39.4 Å². The van der Waals surface area contributed by atoms with Gasteiger partial charge in [-0.2, -0.15) is 4.98 Å². The number of pyridine rings is 1. The van der Waals surface area contributed by atoms with Crippen molar-refractivity contribution in [3.63, 3.8) is 0 Å². The van der Waals surface area contributed by atoms with E-state index in [0.717, 1.165) is 81.8 Å². The molecule has 388 valence electrons. The molecule has 2 saturated carbocycles. The zero-order valence-electron chi connectivity index (χ0n) is 42.3. The fourth-order valence-electron chi connectivity index (χ4n) is 12.9. The molecule has 11 rings (SSSR count). The first-order valence-electron chi connectivity index (χ1n) is 26.1. The number of aromatic amines is 1. The van der Waals surface area contributed by atoms with Crippen LogP contribution in [0.15, 0.2) is 83.9 Å². The van der Waals surface area contributed by atoms with Gasteiger partial charge in [-0.1, -0.05) is 24.3 Å². The highest BCUT2D eigenvalue weighted by atomic mass is 32.2. The Bertz CT molecular complexity index is 3010. The van der Waals surface area contributed by atoms with Crippen LogP contribution in [0.1, 0.15) is 113 Å². The van der Waals surface area contributed by atoms with Crippen molar-refractivity contribution in [2.45, 2.75) is 132 Å². The second-order valence-electron chi connectivity index (χ2n) is 22.5. The van der Waals surface area contributed by atoms with Crippen molar-refractivity contribution in [1.29, 1.82) is 0 Å². The average molecular weight is 1020 g/mol. The van der Waals surface area contributed by atoms with E-state index in [2.05, 4.69) is 74.8 Å². The molecule has 73 heavy (non-hydrogen) atoms. The van der Waals surface area contributed by atoms with E-state index in [4.69, 9.17) is 19.2 Å². The molecular formula is C55H68N8O9S. The van der Waals surface area contributed by atoms with Crippen LogP contribution in [0.4, 0.5) is 28.4 Å². The Morgan fingerprint density at radius 2 is 1.68 bits per heavy atom. The summed E-state index contributed by atoms with van der Waals surface area (Å²) >= 11 is 0. The number of rotatable bonds is 11. The molecule has 4 N–H and O–H groups in total. The van der Waals surface area contributed by atoms with Gasteiger partial charge in [0.15, 0.2) is 0 Å². The van der Waals surface area contributed by atoms with Crippen LogP contribution in [0.25, 0.3) is 11.0 Å². The van der Waals surface area contributed by atoms with Crippen LogP contribution in [0.5, 0.6) is 5.88 Å². The average Bonchev–Trinajstić information content (AvgIpc) is 3.76. The van der Waals surface area contributed by atoms with Crippen molar-refractivity contribution in [2.24, 2.45) is 11.3 Å². The number of hydrogen-bond acceptors (Lipinski definition) is 14. The molecule has 3 aromatic carbocycles. The number of nitro groups is 1. The molecule has 17 nitrogen and oxygen atoms in total. The number of benzene rings is 3. The quantitative estimate of drug-likeness (QED) is 0.0721. The number of nitro benzene ring substituents is 1. The molecule has 0 radical (unpaired) electrons. The summed E-state index contributed by atoms with van der Waals surface area (Å²) in [6.07, 6.45) is 9.98. The van der Waals surface area contributed by atoms with Crippen molar-refractivity contribution in [1.82, 2.24) is 19.6 Å². The molecule has 2 aliphatic carbocycles. The van der Waals surface area contributed by atoms with Crippen LogP contribution in [0, 0.1) is 28.4 Å². The van der Waals surface area contributed by atoms with E-state index in [1.54, 1.807) is 6.07 Å². The second-order valence-corrected chi connectivity index (χ2v) is 24.2. The first-order valence-corrected chi connectivity index (χ1v) is 27.6. The van der Waals surface area contributed by atoms with Gasteiger partial charge in [-0.15, -0.1) is 0 Å². The number of fused-ring (bicyclic) bond motifs is 3. The SMILES string of the molecule is Cc1ccccc1[C@@H]1COCCC(C)(C)N1C1CC2(CCN(c3ccc(C(=O)NS(=O)(=O)c4ccc(NC[C@H]5CC[C@](C)(O)CC5)c([N+](=O)[O-])c4)c(N4c5cc6cc[nH]c6nc5O[C@H]5COCC[C@@H]54)c3)CC2)C1. The van der Waals surface area contributed by atoms with E-state index in [1.807, 2.05) is 37.4 Å². The number of aliphatic hydroxyl groups is 1. The maximum absolute atomic E-state index is 14.7. The maximum atomic E-state index is 14.7. The lowest BCUT2D eigenvalue weighted by Gasteiger charge is -2.59. The fourth-order valence-corrected chi connectivity index (χ4v) is 13.9. The van der Waals surface area contributed by atoms with Gasteiger partial charge in [-0.25, -0.2) is 13.1 Å². The summed E-state index contributed by atoms with van der Waals surface area (Å²) in [6.45, 7) is 13.0. The van der Waals surface area contributed by atoms with E-state index >= 15 is 0 Å². The number of piperidine rings is 1. The summed E-state index contributed by atoms with van der Waals surface area (Å²) in [5, 5.41) is 26.8. The van der Waals surface area contributed by atoms with E-state index < -0.39 is 43.1 Å². The molecule has 1 spiro atoms. The third kappa shape index (κ3) is 9.65. The van der Waals surface area contributed by atoms with E-state index in [-0.39, 0.29) is 40.2 Å². The smallest absolute Gasteiger partial charge is 0.293 e. The summed E-state index contributed by atoms with van der Waals surface area (Å²) in [5.74, 6) is -0.317. The van der Waals surface area contributed by atoms with Crippen molar-refractivity contribution in [2.75, 3.05) is 61.2 Å². The molecule has 1 amide bonds. The second kappa shape index (κ2) is 19.2. The number of nitrogens with one attached hydrogen (secondary N) is 3. The van der Waals surface area contributed by atoms with Gasteiger partial charge in [-0.05, 0) is 157 Å². The molecule has 18 heteroatoms. The normalized spacial score (nSPS) is 26.3. The van der Waals surface area contributed by atoms with Gasteiger partial charge in [0, 0.05) is 67.8 Å². The number of hydrogen-bond donors (Lipinski definition) is 4. The number of aromatic nitrogens is 2. The van der Waals surface area contributed by atoms with Crippen LogP contribution < -0.4 is 24.6 Å². The van der Waals surface area contributed by atoms with Gasteiger partial charge in [-0.3, -0.25) is 19.8 Å². The molecule has 6 aliphatic rings. The molecule has 4 aliphatic heterocycles. The molecule has 5 aromatic rings. The van der Waals surface area contributed by atoms with Crippen molar-refractivity contribution in [3.05, 3.63) is 106 Å². The summed E-state index contributed by atoms with van der Waals surface area (Å²) in [7, 11) is -4.63. The minimum Gasteiger partial charge on any atom is -0.468 e. The zero-order valence-corrected chi connectivity index (χ0v) is 43.1. The Labute approximate surface area is 427 Å². The number of nitrogens with zero attached hydrogens (tertiary/aromatic N) is 5. The molecule has 6 heterocycles. The summed E-state index contributed by atoms with van der Waals surface area (Å²) in [6, 6.07) is 22.2. The number of anilines is 4. The first-order chi connectivity index (χ1) is 35.0. The van der Waals surface area contributed by atoms with Gasteiger partial charge in [0.25, 0.3) is 21.6 Å². The summed E-state index contributed by atoms with van der Waals surface area (Å²) in [5.41, 5.74) is 4.67. The highest BCUT2D eigenvalue weighted by Gasteiger charge is 2.53. The standard InChI is InChI=1S/C55H68N8O9S/c1-35-7-5-6-8-41(35)48-33-71-26-21-53(2,3)62(48)39-30-55(31-39)19-23-60(24-20-55)38-9-11-42(45(28-38)61-44-16-25-70-34-49(44)72-52-47(61)27-37-15-22-56-50(37)58-52)51(64)59-73(68,69)40-10-12-43(46(29-40)63(66)67)57-32-36-13-17-54(4,65)18-14-36/h5-12,15,22,27-29,36,39,44,48-49,57,65H,13-14,16-21,23-26,30-34H2,1-4H3,(H,56,58)(H,59,64)/t36-,44-,48-,49-,54-/m0/s1. The zero-order chi connectivity index (χ0) is 50.9. The monoisotopic (exact) mass is 1020 g/mol. The highest BCUT2D eigenvalue weighted by molar-refractivity contribution is 7.90. The lowest BCUT2D eigenvalue weighted by atomic mass is 9.59. The Morgan fingerprint density at radius 3 is 2.45 bits per heavy atom. The molecule has 2 aromatic heterocycles. The van der Waals surface area contributed by atoms with Gasteiger partial charge in [0.2, 0.25) is 5.88 Å². The minimum atomic E-state index is -4.63. The predicted octanol–water partition coefficient (Wildman–Crippen LogP) is 8.93. The third-order valence-corrected chi connectivity index (χ3v) is 18.5. The van der Waals surface area contributed by atoms with E-state index in [9.17, 15) is 28.4 Å². The Kier molecular flexibility index (Phi) is 13.0. The van der Waals surface area contributed by atoms with Crippen LogP contribution in [0.3, 0.4) is 0 Å². The van der Waals surface area contributed by atoms with E-state index in [1.165, 1.54) is 23.3 Å². The number of H-pyrrole nitrogens is 1. The van der Waals surface area contributed by atoms with Crippen molar-refractivity contribution in [3.8, 4) is 5.88 Å². The molecule has 0 bridgehead atoms. The topological polar surface area (TPSA) is 205 Å². The number of carbonyl (C=O) groups is 1. The minimum absolute atomic E-state index is 0.0236. The lowest BCUT2D eigenvalue weighted by molar-refractivity contribution is -0.384. The fraction of sp³-hybridized carbons (Fsp3) is 0.527. The third-order valence-electron chi connectivity index (χ3n) is 17.2. The number of ether oxygens (including phenoxy) is 3. The number of sulfonamides is 1. The Hall–Kier alpha value is -5.79. The van der Waals surface area contributed by atoms with Crippen LogP contribution in [-0.4, -0.2) is 115 Å². The summed E-state index contributed by atoms with van der Waals surface area (Å²) in [4.78, 5) is 41.4. The number of aryl methyl sites for hydroxylation is 1. The maximum Gasteiger partial charge on any atom is 0.293 e. The molecule has 3 saturated heterocycles. The highest BCUT2D eigenvalue weighted by Crippen LogP contribution is 2.55. The molecular weight excluding hydrogens is 949 g/mol. The Balaban J connectivity index is 0.875.